The number of carbonyl (C=O) groups is 1. The summed E-state index contributed by atoms with van der Waals surface area (Å²) in [5.41, 5.74) is 12.0. The van der Waals surface area contributed by atoms with Crippen molar-refractivity contribution >= 4 is 56.4 Å². The highest BCUT2D eigenvalue weighted by Gasteiger charge is 2.13. The maximum atomic E-state index is 12.7. The van der Waals surface area contributed by atoms with E-state index in [9.17, 15) is 4.79 Å². The molecule has 0 fully saturated rings. The summed E-state index contributed by atoms with van der Waals surface area (Å²) in [4.78, 5) is 35.9. The molecular weight excluding hydrogens is 454 g/mol. The number of fused-ring (bicyclic) bond motifs is 3. The minimum Gasteiger partial charge on any atom is -0.382 e. The van der Waals surface area contributed by atoms with E-state index in [0.29, 0.717) is 40.7 Å². The predicted molar refractivity (Wildman–Crippen MR) is 129 cm³/mol. The van der Waals surface area contributed by atoms with Gasteiger partial charge in [-0.3, -0.25) is 4.79 Å². The summed E-state index contributed by atoms with van der Waals surface area (Å²) in [5, 5.41) is 4.52. The van der Waals surface area contributed by atoms with Crippen LogP contribution in [0, 0.1) is 0 Å². The fraction of sp³-hybridized carbons (Fsp3) is 0.0870. The van der Waals surface area contributed by atoms with Crippen LogP contribution in [0.4, 0.5) is 5.82 Å². The Morgan fingerprint density at radius 3 is 2.94 bits per heavy atom. The molecule has 0 bridgehead atoms. The van der Waals surface area contributed by atoms with E-state index >= 15 is 0 Å². The second kappa shape index (κ2) is 7.85. The maximum absolute atomic E-state index is 12.7. The van der Waals surface area contributed by atoms with Gasteiger partial charge < -0.3 is 25.6 Å². The fourth-order valence-corrected chi connectivity index (χ4v) is 4.35. The molecule has 34 heavy (non-hydrogen) atoms. The van der Waals surface area contributed by atoms with Crippen molar-refractivity contribution < 1.29 is 4.79 Å². The number of hydrogen-bond donors (Lipinski definition) is 4. The van der Waals surface area contributed by atoms with Gasteiger partial charge in [0.2, 0.25) is 0 Å². The average Bonchev–Trinajstić information content (AvgIpc) is 3.56. The molecule has 5 N–H and O–H groups in total. The van der Waals surface area contributed by atoms with Crippen LogP contribution in [0.15, 0.2) is 55.4 Å². The molecular formula is C23H18ClN9O. The van der Waals surface area contributed by atoms with Gasteiger partial charge in [-0.2, -0.15) is 0 Å². The van der Waals surface area contributed by atoms with Crippen LogP contribution in [0.25, 0.3) is 33.1 Å². The van der Waals surface area contributed by atoms with Crippen LogP contribution < -0.4 is 11.1 Å². The molecule has 11 heteroatoms. The molecule has 0 radical (unpaired) electrons. The lowest BCUT2D eigenvalue weighted by atomic mass is 10.1. The molecule has 0 aliphatic rings. The first-order valence-electron chi connectivity index (χ1n) is 10.5. The van der Waals surface area contributed by atoms with E-state index in [2.05, 4.69) is 35.2 Å². The van der Waals surface area contributed by atoms with Gasteiger partial charge in [0.1, 0.15) is 11.8 Å². The molecule has 0 atom stereocenters. The highest BCUT2D eigenvalue weighted by molar-refractivity contribution is 6.31. The molecule has 2 aromatic carbocycles. The topological polar surface area (TPSA) is 143 Å². The molecule has 0 unspecified atom stereocenters. The zero-order valence-electron chi connectivity index (χ0n) is 17.7. The van der Waals surface area contributed by atoms with Crippen LogP contribution in [0.1, 0.15) is 21.6 Å². The van der Waals surface area contributed by atoms with Gasteiger partial charge in [0.15, 0.2) is 11.5 Å². The van der Waals surface area contributed by atoms with E-state index in [1.165, 1.54) is 6.33 Å². The number of carbonyl (C=O) groups excluding carboxylic acids is 1. The van der Waals surface area contributed by atoms with Crippen molar-refractivity contribution in [1.82, 2.24) is 39.8 Å². The zero-order chi connectivity index (χ0) is 23.2. The third-order valence-electron chi connectivity index (χ3n) is 5.72. The van der Waals surface area contributed by atoms with Crippen LogP contribution >= 0.6 is 11.6 Å². The summed E-state index contributed by atoms with van der Waals surface area (Å²) < 4.78 is 1.89. The summed E-state index contributed by atoms with van der Waals surface area (Å²) in [6.45, 7) is 0.820. The highest BCUT2D eigenvalue weighted by atomic mass is 35.5. The maximum Gasteiger partial charge on any atom is 0.251 e. The zero-order valence-corrected chi connectivity index (χ0v) is 18.5. The van der Waals surface area contributed by atoms with Gasteiger partial charge in [0.25, 0.3) is 5.91 Å². The number of hydrogen-bond acceptors (Lipinski definition) is 6. The quantitative estimate of drug-likeness (QED) is 0.303. The number of anilines is 1. The van der Waals surface area contributed by atoms with Crippen LogP contribution in [-0.2, 0) is 13.1 Å². The van der Waals surface area contributed by atoms with Crippen molar-refractivity contribution in [3.63, 3.8) is 0 Å². The predicted octanol–water partition coefficient (Wildman–Crippen LogP) is 3.40. The summed E-state index contributed by atoms with van der Waals surface area (Å²) >= 11 is 6.40. The first-order chi connectivity index (χ1) is 16.5. The summed E-state index contributed by atoms with van der Waals surface area (Å²) in [7, 11) is 0. The Balaban J connectivity index is 1.26. The van der Waals surface area contributed by atoms with Gasteiger partial charge in [0.05, 0.1) is 42.3 Å². The van der Waals surface area contributed by atoms with E-state index < -0.39 is 0 Å². The second-order valence-corrected chi connectivity index (χ2v) is 8.38. The number of aromatic amines is 2. The van der Waals surface area contributed by atoms with Gasteiger partial charge in [-0.1, -0.05) is 11.6 Å². The Morgan fingerprint density at radius 1 is 1.12 bits per heavy atom. The number of nitrogens with two attached hydrogens (primary N) is 1. The smallest absolute Gasteiger partial charge is 0.251 e. The number of nitrogens with one attached hydrogen (secondary N) is 3. The van der Waals surface area contributed by atoms with E-state index in [0.717, 1.165) is 33.2 Å². The monoisotopic (exact) mass is 471 g/mol. The van der Waals surface area contributed by atoms with Crippen molar-refractivity contribution in [2.45, 2.75) is 13.1 Å². The van der Waals surface area contributed by atoms with E-state index in [-0.39, 0.29) is 5.91 Å². The first kappa shape index (κ1) is 20.2. The van der Waals surface area contributed by atoms with Crippen molar-refractivity contribution in [1.29, 1.82) is 0 Å². The van der Waals surface area contributed by atoms with Crippen LogP contribution in [0.3, 0.4) is 0 Å². The van der Waals surface area contributed by atoms with E-state index in [1.54, 1.807) is 24.8 Å². The van der Waals surface area contributed by atoms with Crippen LogP contribution in [-0.4, -0.2) is 40.4 Å². The Kier molecular flexibility index (Phi) is 4.66. The number of halogens is 1. The first-order valence-corrected chi connectivity index (χ1v) is 10.9. The standard InChI is InChI=1S/C23H18ClN9O/c24-15-3-13-5-16(7-26-23(34)12-1-2-17-18(6-12)28-9-27-17)32-19(13)14(4-15)8-33-11-31-20-21(25)29-10-30-22(20)33/h1-6,9-11,32H,7-8H2,(H,26,34)(H,27,28)(H2,25,29,30). The molecule has 0 saturated carbocycles. The van der Waals surface area contributed by atoms with E-state index in [4.69, 9.17) is 17.3 Å². The van der Waals surface area contributed by atoms with Crippen LogP contribution in [0.2, 0.25) is 5.02 Å². The van der Waals surface area contributed by atoms with Gasteiger partial charge >= 0.3 is 0 Å². The van der Waals surface area contributed by atoms with Gasteiger partial charge in [0, 0.05) is 21.7 Å². The Hall–Kier alpha value is -4.44. The molecule has 1 amide bonds. The van der Waals surface area contributed by atoms with Crippen LogP contribution in [0.5, 0.6) is 0 Å². The molecule has 0 aliphatic carbocycles. The van der Waals surface area contributed by atoms with Gasteiger partial charge in [-0.15, -0.1) is 0 Å². The third kappa shape index (κ3) is 3.50. The molecule has 0 aliphatic heterocycles. The largest absolute Gasteiger partial charge is 0.382 e. The molecule has 10 nitrogen and oxygen atoms in total. The molecule has 6 aromatic rings. The summed E-state index contributed by atoms with van der Waals surface area (Å²) in [6, 6.07) is 11.1. The highest BCUT2D eigenvalue weighted by Crippen LogP contribution is 2.26. The van der Waals surface area contributed by atoms with E-state index in [1.807, 2.05) is 28.8 Å². The molecule has 6 rings (SSSR count). The molecule has 0 spiro atoms. The second-order valence-electron chi connectivity index (χ2n) is 7.94. The lowest BCUT2D eigenvalue weighted by molar-refractivity contribution is 0.0950. The van der Waals surface area contributed by atoms with Crippen molar-refractivity contribution in [3.05, 3.63) is 77.2 Å². The van der Waals surface area contributed by atoms with Gasteiger partial charge in [-0.05, 0) is 42.0 Å². The number of rotatable bonds is 5. The number of H-pyrrole nitrogens is 2. The molecule has 4 aromatic heterocycles. The number of nitrogen functional groups attached to an aromatic ring is 1. The lowest BCUT2D eigenvalue weighted by Crippen LogP contribution is -2.22. The Bertz CT molecular complexity index is 1700. The molecule has 4 heterocycles. The molecule has 168 valence electrons. The van der Waals surface area contributed by atoms with Gasteiger partial charge in [-0.25, -0.2) is 19.9 Å². The fourth-order valence-electron chi connectivity index (χ4n) is 4.11. The third-order valence-corrected chi connectivity index (χ3v) is 5.94. The van der Waals surface area contributed by atoms with Crippen molar-refractivity contribution in [2.75, 3.05) is 5.73 Å². The van der Waals surface area contributed by atoms with Crippen molar-refractivity contribution in [2.24, 2.45) is 0 Å². The Labute approximate surface area is 197 Å². The summed E-state index contributed by atoms with van der Waals surface area (Å²) in [5.74, 6) is 0.160. The number of amides is 1. The summed E-state index contributed by atoms with van der Waals surface area (Å²) in [6.07, 6.45) is 4.71. The normalized spacial score (nSPS) is 11.6. The van der Waals surface area contributed by atoms with Crippen molar-refractivity contribution in [3.8, 4) is 0 Å². The number of aromatic nitrogens is 7. The number of benzene rings is 2. The number of imidazole rings is 2. The lowest BCUT2D eigenvalue weighted by Gasteiger charge is -2.07. The SMILES string of the molecule is Nc1ncnc2c1ncn2Cc1cc(Cl)cc2cc(CNC(=O)c3ccc4[nH]cnc4c3)[nH]c12. The Morgan fingerprint density at radius 2 is 2.03 bits per heavy atom. The number of nitrogens with zero attached hydrogens (tertiary/aromatic N) is 5. The average molecular weight is 472 g/mol. The minimum atomic E-state index is -0.177. The molecule has 0 saturated heterocycles. The minimum absolute atomic E-state index is 0.177.